The van der Waals surface area contributed by atoms with E-state index in [1.54, 1.807) is 33.7 Å². The highest BCUT2D eigenvalue weighted by Crippen LogP contribution is 2.46. The molecule has 28 heteroatoms. The van der Waals surface area contributed by atoms with Gasteiger partial charge in [-0.05, 0) is 96.4 Å². The zero-order valence-electron chi connectivity index (χ0n) is 48.6. The predicted molar refractivity (Wildman–Crippen MR) is 318 cm³/mol. The lowest BCUT2D eigenvalue weighted by Crippen LogP contribution is -2.41. The first kappa shape index (κ1) is 57.2. The Morgan fingerprint density at radius 2 is 0.762 bits per heavy atom. The number of nitrogens with two attached hydrogens (primary N) is 4. The normalized spacial score (nSPS) is 29.1. The fourth-order valence-electron chi connectivity index (χ4n) is 11.0. The molecule has 0 aliphatic carbocycles. The Labute approximate surface area is 506 Å². The number of halogens is 4. The van der Waals surface area contributed by atoms with Gasteiger partial charge in [0, 0.05) is 49.5 Å². The summed E-state index contributed by atoms with van der Waals surface area (Å²) >= 11 is 23.5. The number of hydrogen-bond donors (Lipinski definition) is 8. The van der Waals surface area contributed by atoms with Gasteiger partial charge in [0.05, 0.1) is 34.8 Å². The summed E-state index contributed by atoms with van der Waals surface area (Å²) in [4.78, 5) is 32.5. The molecule has 0 spiro atoms. The fraction of sp³-hybridized carbons (Fsp3) is 0.429. The topological polar surface area (TPSA) is 345 Å². The Hall–Kier alpha value is -7.24. The lowest BCUT2D eigenvalue weighted by molar-refractivity contribution is -0.0890. The average Bonchev–Trinajstić information content (AvgIpc) is 4.06. The third-order valence-corrected chi connectivity index (χ3v) is 16.6. The van der Waals surface area contributed by atoms with Crippen LogP contribution in [0.3, 0.4) is 0 Å². The Morgan fingerprint density at radius 3 is 1.02 bits per heavy atom. The highest BCUT2D eigenvalue weighted by molar-refractivity contribution is 6.29. The quantitative estimate of drug-likeness (QED) is 0.0584. The molecule has 440 valence electrons. The van der Waals surface area contributed by atoms with Crippen molar-refractivity contribution in [2.75, 3.05) is 36.1 Å². The molecule has 0 aromatic carbocycles. The third kappa shape index (κ3) is 10.9. The lowest BCUT2D eigenvalue weighted by Gasteiger charge is -2.26. The van der Waals surface area contributed by atoms with Crippen molar-refractivity contribution in [3.05, 3.63) is 70.2 Å². The molecule has 4 saturated heterocycles. The minimum absolute atomic E-state index is 0.00265. The van der Waals surface area contributed by atoms with Gasteiger partial charge >= 0.3 is 0 Å². The molecule has 0 bridgehead atoms. The molecule has 0 saturated carbocycles. The molecule has 0 unspecified atom stereocenters. The lowest BCUT2D eigenvalue weighted by atomic mass is 9.87. The molecule has 8 aromatic heterocycles. The van der Waals surface area contributed by atoms with Crippen molar-refractivity contribution in [1.29, 1.82) is 0 Å². The Balaban J connectivity index is 0.000000138. The number of aliphatic hydroxyl groups excluding tert-OH is 4. The summed E-state index contributed by atoms with van der Waals surface area (Å²) < 4.78 is 52.1. The molecule has 4 fully saturated rings. The van der Waals surface area contributed by atoms with Crippen molar-refractivity contribution < 1.29 is 43.5 Å². The van der Waals surface area contributed by atoms with Crippen molar-refractivity contribution in [1.82, 2.24) is 58.1 Å². The third-order valence-electron chi connectivity index (χ3n) is 16.0. The summed E-state index contributed by atoms with van der Waals surface area (Å²) in [7, 11) is 0. The molecule has 4 aliphatic rings. The second-order valence-electron chi connectivity index (χ2n) is 20.5. The van der Waals surface area contributed by atoms with E-state index in [1.807, 2.05) is 60.3 Å². The zero-order chi connectivity index (χ0) is 62.9. The van der Waals surface area contributed by atoms with Gasteiger partial charge in [-0.1, -0.05) is 51.4 Å². The van der Waals surface area contributed by atoms with Gasteiger partial charge in [-0.3, -0.25) is 0 Å². The Kier molecular flexibility index (Phi) is 16.4. The second-order valence-corrected chi connectivity index (χ2v) is 21.9. The van der Waals surface area contributed by atoms with Crippen LogP contribution in [0.5, 0.6) is 0 Å². The van der Waals surface area contributed by atoms with E-state index in [4.69, 9.17) is 98.8 Å². The molecule has 0 amide bonds. The number of aliphatic hydroxyl groups is 4. The van der Waals surface area contributed by atoms with Crippen molar-refractivity contribution >= 4 is 114 Å². The number of ether oxygens (including phenoxy) is 4. The molecular formula is C56H60Cl4N16O8. The van der Waals surface area contributed by atoms with E-state index in [0.717, 1.165) is 36.5 Å². The van der Waals surface area contributed by atoms with E-state index in [1.165, 1.54) is 0 Å². The van der Waals surface area contributed by atoms with E-state index >= 15 is 0 Å². The van der Waals surface area contributed by atoms with Gasteiger partial charge in [-0.25, -0.2) is 19.9 Å². The van der Waals surface area contributed by atoms with Crippen molar-refractivity contribution in [3.63, 3.8) is 0 Å². The zero-order valence-corrected chi connectivity index (χ0v) is 48.6. The number of fused-ring (bicyclic) bond motifs is 4. The summed E-state index contributed by atoms with van der Waals surface area (Å²) in [5, 5.41) is 42.3. The first-order valence-electron chi connectivity index (χ1n) is 27.8. The van der Waals surface area contributed by atoms with Crippen LogP contribution in [0.15, 0.2) is 49.1 Å². The van der Waals surface area contributed by atoms with Gasteiger partial charge in [0.15, 0.2) is 11.2 Å². The smallest absolute Gasteiger partial charge is 0.226 e. The molecule has 24 nitrogen and oxygen atoms in total. The molecule has 4 aliphatic heterocycles. The van der Waals surface area contributed by atoms with Gasteiger partial charge in [0.2, 0.25) is 21.1 Å². The van der Waals surface area contributed by atoms with Crippen LogP contribution in [-0.2, 0) is 18.9 Å². The minimum atomic E-state index is -1.48. The van der Waals surface area contributed by atoms with Crippen molar-refractivity contribution in [2.24, 2.45) is 11.8 Å². The Bertz CT molecular complexity index is 3820. The fourth-order valence-corrected chi connectivity index (χ4v) is 11.7. The molecule has 12 heterocycles. The first-order chi connectivity index (χ1) is 41.5. The highest BCUT2D eigenvalue weighted by atomic mass is 35.5. The molecule has 12 atom stereocenters. The first-order valence-corrected chi connectivity index (χ1v) is 27.8. The molecular weight excluding hydrogens is 1170 g/mol. The largest absolute Gasteiger partial charge is 0.392 e. The predicted octanol–water partition coefficient (Wildman–Crippen LogP) is 6.63. The monoisotopic (exact) mass is 1230 g/mol. The summed E-state index contributed by atoms with van der Waals surface area (Å²) in [5.41, 5.74) is 21.5. The van der Waals surface area contributed by atoms with E-state index in [-0.39, 0.29) is 69.9 Å². The molecule has 0 radical (unpaired) electrons. The van der Waals surface area contributed by atoms with Crippen LogP contribution in [0, 0.1) is 61.1 Å². The summed E-state index contributed by atoms with van der Waals surface area (Å²) in [6.45, 7) is 7.24. The average molecular weight is 1230 g/mol. The van der Waals surface area contributed by atoms with Gasteiger partial charge in [0.1, 0.15) is 98.3 Å². The Morgan fingerprint density at radius 1 is 0.500 bits per heavy atom. The number of aromatic nitrogens is 12. The van der Waals surface area contributed by atoms with Crippen molar-refractivity contribution in [3.8, 4) is 49.3 Å². The van der Waals surface area contributed by atoms with Gasteiger partial charge in [-0.15, -0.1) is 25.6 Å². The molecule has 8 aromatic rings. The number of terminal acetylenes is 4. The van der Waals surface area contributed by atoms with Crippen LogP contribution in [0.2, 0.25) is 21.1 Å². The SMILES string of the molecule is C#C[C@]1(CC)O[C@@H](n2ccc3c(N)nc(Cl)nc32)C[C@@H]1C.[2H]C#C[C@]1(CC)O[C@@H](n2ccc3c(N)nc(Cl)nc32)C[C@@H]1C.[2H]C#C[C@]1(CO)O[C@@H](n2ccc3c(N)nc(Cl)nc32)C[C@@H]1O.[2H]C#C[C@]1(CO)O[C@@H](n2ccc3c(N)nc(Cl)nc32)C[C@@H]1O. The standard InChI is InChI=1S/2C15H17ClN4O.2C13H13ClN4O3/c2*1-4-15(5-2)9(3)8-11(21-15)20-7-6-10-12(17)18-14(16)19-13(10)20;2*1-2-13(6-19)8(20)5-9(21-13)18-4-3-7-10(15)16-12(14)17-11(7)18/h2*1,6-7,9,11H,5,8H2,2-3H3,(H2,17,18,19);2*1,3-4,8-9,19-20H,5-6H2,(H2,15,16,17)/t2*9-,11+,15+;2*8-,9+,13+/m0000/s1/i1D;;2*1D. The number of anilines is 4. The second kappa shape index (κ2) is 24.0. The number of nitrogens with zero attached hydrogens (tertiary/aromatic N) is 12. The maximum atomic E-state index is 10.2. The van der Waals surface area contributed by atoms with Crippen molar-refractivity contribution in [2.45, 2.75) is 126 Å². The van der Waals surface area contributed by atoms with Crippen LogP contribution in [-0.4, -0.2) is 126 Å². The maximum absolute atomic E-state index is 10.2. The van der Waals surface area contributed by atoms with E-state index in [2.05, 4.69) is 83.8 Å². The molecule has 12 N–H and O–H groups in total. The maximum Gasteiger partial charge on any atom is 0.226 e. The molecule has 12 rings (SSSR count). The number of rotatable bonds is 8. The summed E-state index contributed by atoms with van der Waals surface area (Å²) in [6.07, 6.45) is 18.7. The van der Waals surface area contributed by atoms with Gasteiger partial charge in [0.25, 0.3) is 0 Å². The van der Waals surface area contributed by atoms with Crippen LogP contribution in [0.1, 0.15) is 95.2 Å². The van der Waals surface area contributed by atoms with Crippen LogP contribution >= 0.6 is 46.4 Å². The van der Waals surface area contributed by atoms with Crippen LogP contribution < -0.4 is 22.9 Å². The van der Waals surface area contributed by atoms with E-state index < -0.39 is 60.3 Å². The highest BCUT2D eigenvalue weighted by Gasteiger charge is 2.50. The van der Waals surface area contributed by atoms with E-state index in [9.17, 15) is 20.4 Å². The summed E-state index contributed by atoms with van der Waals surface area (Å²) in [5.74, 6) is 12.3. The van der Waals surface area contributed by atoms with Gasteiger partial charge in [-0.2, -0.15) is 19.9 Å². The summed E-state index contributed by atoms with van der Waals surface area (Å²) in [6, 6.07) is 7.16. The van der Waals surface area contributed by atoms with Crippen LogP contribution in [0.4, 0.5) is 23.3 Å². The molecule has 84 heavy (non-hydrogen) atoms. The van der Waals surface area contributed by atoms with Crippen LogP contribution in [0.25, 0.3) is 44.1 Å². The van der Waals surface area contributed by atoms with E-state index in [0.29, 0.717) is 45.0 Å². The number of nitrogen functional groups attached to an aromatic ring is 4. The number of hydrogen-bond acceptors (Lipinski definition) is 20. The minimum Gasteiger partial charge on any atom is -0.392 e. The van der Waals surface area contributed by atoms with Gasteiger partial charge < -0.3 is 80.6 Å².